The highest BCUT2D eigenvalue weighted by Crippen LogP contribution is 2.38. The van der Waals surface area contributed by atoms with Crippen LogP contribution in [-0.4, -0.2) is 39.8 Å². The number of aryl methyl sites for hydroxylation is 1. The number of anilines is 1. The van der Waals surface area contributed by atoms with E-state index in [1.165, 1.54) is 5.56 Å². The van der Waals surface area contributed by atoms with Gasteiger partial charge in [-0.2, -0.15) is 0 Å². The first kappa shape index (κ1) is 17.3. The largest absolute Gasteiger partial charge is 0.376 e. The molecule has 0 spiro atoms. The molecule has 1 N–H and O–H groups in total. The Balaban J connectivity index is 1.58. The molecule has 3 aromatic heterocycles. The second-order valence-corrected chi connectivity index (χ2v) is 9.09. The molecule has 1 saturated heterocycles. The van der Waals surface area contributed by atoms with Crippen molar-refractivity contribution in [3.8, 4) is 0 Å². The van der Waals surface area contributed by atoms with Crippen LogP contribution in [0.25, 0.3) is 20.4 Å². The molecule has 0 aromatic carbocycles. The van der Waals surface area contributed by atoms with Gasteiger partial charge < -0.3 is 14.8 Å². The lowest BCUT2D eigenvalue weighted by atomic mass is 9.95. The molecular weight excluding hydrogens is 360 g/mol. The smallest absolute Gasteiger partial charge is 0.147 e. The van der Waals surface area contributed by atoms with Gasteiger partial charge in [-0.1, -0.05) is 0 Å². The van der Waals surface area contributed by atoms with Gasteiger partial charge in [0.2, 0.25) is 0 Å². The van der Waals surface area contributed by atoms with Crippen molar-refractivity contribution in [3.63, 3.8) is 0 Å². The van der Waals surface area contributed by atoms with Crippen molar-refractivity contribution < 1.29 is 9.47 Å². The van der Waals surface area contributed by atoms with Crippen molar-refractivity contribution in [1.29, 1.82) is 0 Å². The summed E-state index contributed by atoms with van der Waals surface area (Å²) in [6.45, 7) is 8.44. The van der Waals surface area contributed by atoms with E-state index in [4.69, 9.17) is 19.4 Å². The van der Waals surface area contributed by atoms with E-state index in [0.717, 1.165) is 70.2 Å². The summed E-state index contributed by atoms with van der Waals surface area (Å²) in [4.78, 5) is 15.4. The maximum Gasteiger partial charge on any atom is 0.147 e. The summed E-state index contributed by atoms with van der Waals surface area (Å²) in [5.41, 5.74) is 3.14. The van der Waals surface area contributed by atoms with Crippen LogP contribution in [-0.2, 0) is 22.5 Å². The van der Waals surface area contributed by atoms with Crippen LogP contribution in [0.2, 0.25) is 0 Å². The number of rotatable bonds is 3. The minimum Gasteiger partial charge on any atom is -0.376 e. The molecule has 2 aliphatic rings. The van der Waals surface area contributed by atoms with Crippen molar-refractivity contribution >= 4 is 37.6 Å². The molecule has 0 bridgehead atoms. The Labute approximate surface area is 162 Å². The van der Waals surface area contributed by atoms with Crippen molar-refractivity contribution in [2.24, 2.45) is 0 Å². The Kier molecular flexibility index (Phi) is 4.07. The number of nitrogens with one attached hydrogen (secondary N) is 1. The van der Waals surface area contributed by atoms with Crippen LogP contribution >= 0.6 is 11.3 Å². The fourth-order valence-corrected chi connectivity index (χ4v) is 4.98. The fraction of sp³-hybridized carbons (Fsp3) is 0.550. The molecule has 0 unspecified atom stereocenters. The zero-order valence-electron chi connectivity index (χ0n) is 16.0. The van der Waals surface area contributed by atoms with Gasteiger partial charge in [-0.05, 0) is 39.7 Å². The van der Waals surface area contributed by atoms with E-state index < -0.39 is 0 Å². The molecule has 3 aromatic rings. The minimum absolute atomic E-state index is 0.158. The quantitative estimate of drug-likeness (QED) is 0.736. The third-order valence-electron chi connectivity index (χ3n) is 5.32. The summed E-state index contributed by atoms with van der Waals surface area (Å²) in [6, 6.07) is 2.21. The number of ether oxygens (including phenoxy) is 2. The van der Waals surface area contributed by atoms with E-state index in [0.29, 0.717) is 6.61 Å². The zero-order chi connectivity index (χ0) is 18.6. The van der Waals surface area contributed by atoms with Crippen LogP contribution in [0.4, 0.5) is 5.82 Å². The molecule has 0 saturated carbocycles. The fourth-order valence-electron chi connectivity index (χ4n) is 3.90. The highest BCUT2D eigenvalue weighted by Gasteiger charge is 2.28. The van der Waals surface area contributed by atoms with Crippen molar-refractivity contribution in [1.82, 2.24) is 15.0 Å². The van der Waals surface area contributed by atoms with E-state index in [1.807, 2.05) is 6.92 Å². The van der Waals surface area contributed by atoms with Gasteiger partial charge in [0.25, 0.3) is 0 Å². The van der Waals surface area contributed by atoms with Crippen molar-refractivity contribution in [2.75, 3.05) is 18.5 Å². The molecule has 142 valence electrons. The van der Waals surface area contributed by atoms with Gasteiger partial charge >= 0.3 is 0 Å². The van der Waals surface area contributed by atoms with Crippen LogP contribution in [0.3, 0.4) is 0 Å². The average molecular weight is 385 g/mol. The Morgan fingerprint density at radius 2 is 2.19 bits per heavy atom. The SMILES string of the molecule is Cc1nc(NC[C@@H]2CCCO2)c2sc3nc4c(cc3c2n1)COC(C)(C)C4. The van der Waals surface area contributed by atoms with E-state index in [9.17, 15) is 0 Å². The highest BCUT2D eigenvalue weighted by molar-refractivity contribution is 7.25. The van der Waals surface area contributed by atoms with Gasteiger partial charge in [0.15, 0.2) is 0 Å². The predicted octanol–water partition coefficient (Wildman–Crippen LogP) is 3.99. The van der Waals surface area contributed by atoms with Gasteiger partial charge in [-0.15, -0.1) is 11.3 Å². The molecule has 5 heterocycles. The molecule has 7 heteroatoms. The summed E-state index contributed by atoms with van der Waals surface area (Å²) < 4.78 is 12.8. The maximum absolute atomic E-state index is 5.98. The summed E-state index contributed by atoms with van der Waals surface area (Å²) in [5.74, 6) is 1.66. The number of hydrogen-bond donors (Lipinski definition) is 1. The Morgan fingerprint density at radius 1 is 1.30 bits per heavy atom. The summed E-state index contributed by atoms with van der Waals surface area (Å²) >= 11 is 1.67. The lowest BCUT2D eigenvalue weighted by Gasteiger charge is -2.30. The zero-order valence-corrected chi connectivity index (χ0v) is 16.8. The molecule has 2 aliphatic heterocycles. The maximum atomic E-state index is 5.98. The standard InChI is InChI=1S/C20H24N4O2S/c1-11-22-16-14-7-12-10-26-20(2,3)8-15(12)24-19(14)27-17(16)18(23-11)21-9-13-5-4-6-25-13/h7,13H,4-6,8-10H2,1-3H3,(H,21,22,23)/t13-/m0/s1. The molecule has 6 nitrogen and oxygen atoms in total. The van der Waals surface area contributed by atoms with Crippen LogP contribution in [0, 0.1) is 6.92 Å². The van der Waals surface area contributed by atoms with E-state index in [2.05, 4.69) is 30.2 Å². The number of thiophene rings is 1. The van der Waals surface area contributed by atoms with Crippen molar-refractivity contribution in [3.05, 3.63) is 23.1 Å². The number of fused-ring (bicyclic) bond motifs is 4. The second-order valence-electron chi connectivity index (χ2n) is 8.09. The molecule has 0 aliphatic carbocycles. The Bertz CT molecular complexity index is 1020. The topological polar surface area (TPSA) is 69.2 Å². The number of pyridine rings is 1. The van der Waals surface area contributed by atoms with Gasteiger partial charge in [0.05, 0.1) is 34.2 Å². The first-order valence-corrected chi connectivity index (χ1v) is 10.4. The molecule has 1 fully saturated rings. The van der Waals surface area contributed by atoms with Gasteiger partial charge in [-0.25, -0.2) is 15.0 Å². The van der Waals surface area contributed by atoms with Crippen LogP contribution in [0.5, 0.6) is 0 Å². The molecule has 27 heavy (non-hydrogen) atoms. The van der Waals surface area contributed by atoms with E-state index in [1.54, 1.807) is 11.3 Å². The van der Waals surface area contributed by atoms with Crippen LogP contribution in [0.1, 0.15) is 43.8 Å². The monoisotopic (exact) mass is 384 g/mol. The third kappa shape index (κ3) is 3.17. The predicted molar refractivity (Wildman–Crippen MR) is 107 cm³/mol. The van der Waals surface area contributed by atoms with Crippen molar-refractivity contribution in [2.45, 2.75) is 58.3 Å². The molecule has 1 atom stereocenters. The first-order chi connectivity index (χ1) is 13.0. The number of aromatic nitrogens is 3. The van der Waals surface area contributed by atoms with Crippen LogP contribution < -0.4 is 5.32 Å². The number of hydrogen-bond acceptors (Lipinski definition) is 7. The summed E-state index contributed by atoms with van der Waals surface area (Å²) in [5, 5.41) is 4.60. The van der Waals surface area contributed by atoms with E-state index >= 15 is 0 Å². The van der Waals surface area contributed by atoms with Gasteiger partial charge in [0.1, 0.15) is 16.5 Å². The Hall–Kier alpha value is -1.83. The minimum atomic E-state index is -0.158. The van der Waals surface area contributed by atoms with Gasteiger partial charge in [0, 0.05) is 30.5 Å². The summed E-state index contributed by atoms with van der Waals surface area (Å²) in [7, 11) is 0. The molecular formula is C20H24N4O2S. The Morgan fingerprint density at radius 3 is 3.00 bits per heavy atom. The van der Waals surface area contributed by atoms with E-state index in [-0.39, 0.29) is 11.7 Å². The lowest BCUT2D eigenvalue weighted by Crippen LogP contribution is -2.32. The van der Waals surface area contributed by atoms with Crippen LogP contribution in [0.15, 0.2) is 6.07 Å². The normalized spacial score (nSPS) is 21.7. The third-order valence-corrected chi connectivity index (χ3v) is 6.42. The molecule has 0 amide bonds. The lowest BCUT2D eigenvalue weighted by molar-refractivity contribution is -0.0411. The first-order valence-electron chi connectivity index (χ1n) is 9.58. The highest BCUT2D eigenvalue weighted by atomic mass is 32.1. The number of nitrogens with zero attached hydrogens (tertiary/aromatic N) is 3. The summed E-state index contributed by atoms with van der Waals surface area (Å²) in [6.07, 6.45) is 3.36. The second kappa shape index (κ2) is 6.36. The molecule has 0 radical (unpaired) electrons. The average Bonchev–Trinajstić information content (AvgIpc) is 3.25. The van der Waals surface area contributed by atoms with Gasteiger partial charge in [-0.3, -0.25) is 0 Å². The molecule has 5 rings (SSSR count).